The molecule has 12 heavy (non-hydrogen) atoms. The quantitative estimate of drug-likeness (QED) is 0.585. The van der Waals surface area contributed by atoms with Crippen molar-refractivity contribution in [3.05, 3.63) is 11.6 Å². The van der Waals surface area contributed by atoms with Crippen molar-refractivity contribution in [1.82, 2.24) is 10.2 Å². The normalized spacial score (nSPS) is 32.1. The predicted molar refractivity (Wildman–Crippen MR) is 51.2 cm³/mol. The highest BCUT2D eigenvalue weighted by molar-refractivity contribution is 5.05. The Morgan fingerprint density at radius 3 is 3.08 bits per heavy atom. The zero-order chi connectivity index (χ0) is 8.39. The van der Waals surface area contributed by atoms with Gasteiger partial charge in [-0.3, -0.25) is 4.90 Å². The molecule has 0 aromatic rings. The molecule has 0 amide bonds. The number of nitrogens with one attached hydrogen (secondary N) is 1. The Morgan fingerprint density at radius 2 is 2.50 bits per heavy atom. The first kappa shape index (κ1) is 8.27. The largest absolute Gasteiger partial charge is 0.315 e. The van der Waals surface area contributed by atoms with E-state index in [1.54, 1.807) is 5.57 Å². The molecule has 2 nitrogen and oxygen atoms in total. The molecule has 0 spiro atoms. The Kier molecular flexibility index (Phi) is 2.47. The highest BCUT2D eigenvalue weighted by Crippen LogP contribution is 2.15. The van der Waals surface area contributed by atoms with Crippen LogP contribution in [0.3, 0.4) is 0 Å². The second kappa shape index (κ2) is 3.58. The Bertz CT molecular complexity index is 180. The van der Waals surface area contributed by atoms with Gasteiger partial charge in [0.1, 0.15) is 0 Å². The molecule has 0 aromatic carbocycles. The van der Waals surface area contributed by atoms with Crippen molar-refractivity contribution < 1.29 is 0 Å². The summed E-state index contributed by atoms with van der Waals surface area (Å²) in [6.07, 6.45) is 4.99. The maximum absolute atomic E-state index is 3.42. The summed E-state index contributed by atoms with van der Waals surface area (Å²) in [7, 11) is 0. The van der Waals surface area contributed by atoms with E-state index in [1.807, 2.05) is 0 Å². The van der Waals surface area contributed by atoms with Gasteiger partial charge in [0, 0.05) is 25.7 Å². The van der Waals surface area contributed by atoms with E-state index in [-0.39, 0.29) is 0 Å². The minimum atomic E-state index is 0.814. The van der Waals surface area contributed by atoms with Gasteiger partial charge in [-0.15, -0.1) is 0 Å². The van der Waals surface area contributed by atoms with E-state index >= 15 is 0 Å². The first-order valence-electron chi connectivity index (χ1n) is 4.96. The van der Waals surface area contributed by atoms with Gasteiger partial charge in [-0.1, -0.05) is 11.6 Å². The SMILES string of the molecule is CC1=CCN(C2CCNC2)CC1. The van der Waals surface area contributed by atoms with Gasteiger partial charge in [0.05, 0.1) is 0 Å². The lowest BCUT2D eigenvalue weighted by atomic mass is 10.1. The van der Waals surface area contributed by atoms with E-state index in [2.05, 4.69) is 23.2 Å². The summed E-state index contributed by atoms with van der Waals surface area (Å²) in [6, 6.07) is 0.814. The fraction of sp³-hybridized carbons (Fsp3) is 0.800. The molecule has 1 unspecified atom stereocenters. The predicted octanol–water partition coefficient (Wildman–Crippen LogP) is 1.00. The molecule has 1 N–H and O–H groups in total. The van der Waals surface area contributed by atoms with Crippen LogP contribution in [0.4, 0.5) is 0 Å². The molecule has 0 bridgehead atoms. The van der Waals surface area contributed by atoms with Crippen LogP contribution in [0.5, 0.6) is 0 Å². The van der Waals surface area contributed by atoms with E-state index in [4.69, 9.17) is 0 Å². The van der Waals surface area contributed by atoms with E-state index in [0.717, 1.165) is 6.04 Å². The van der Waals surface area contributed by atoms with E-state index in [9.17, 15) is 0 Å². The van der Waals surface area contributed by atoms with E-state index in [0.29, 0.717) is 0 Å². The van der Waals surface area contributed by atoms with Crippen molar-refractivity contribution >= 4 is 0 Å². The van der Waals surface area contributed by atoms with Crippen LogP contribution in [0.25, 0.3) is 0 Å². The molecule has 0 saturated carbocycles. The first-order chi connectivity index (χ1) is 5.86. The molecule has 1 saturated heterocycles. The summed E-state index contributed by atoms with van der Waals surface area (Å²) in [5.41, 5.74) is 1.57. The van der Waals surface area contributed by atoms with Gasteiger partial charge < -0.3 is 5.32 Å². The second-order valence-corrected chi connectivity index (χ2v) is 3.94. The van der Waals surface area contributed by atoms with Crippen LogP contribution in [0.2, 0.25) is 0 Å². The molecule has 0 radical (unpaired) electrons. The zero-order valence-corrected chi connectivity index (χ0v) is 7.84. The molecule has 68 valence electrons. The lowest BCUT2D eigenvalue weighted by Gasteiger charge is -2.30. The topological polar surface area (TPSA) is 15.3 Å². The average molecular weight is 166 g/mol. The fourth-order valence-electron chi connectivity index (χ4n) is 2.07. The third kappa shape index (κ3) is 1.70. The van der Waals surface area contributed by atoms with Crippen molar-refractivity contribution in [2.24, 2.45) is 0 Å². The lowest BCUT2D eigenvalue weighted by Crippen LogP contribution is -2.39. The van der Waals surface area contributed by atoms with Crippen LogP contribution in [0.1, 0.15) is 19.8 Å². The van der Waals surface area contributed by atoms with Gasteiger partial charge >= 0.3 is 0 Å². The average Bonchev–Trinajstić information content (AvgIpc) is 2.58. The van der Waals surface area contributed by atoms with Gasteiger partial charge in [0.25, 0.3) is 0 Å². The molecule has 2 aliphatic rings. The van der Waals surface area contributed by atoms with Crippen molar-refractivity contribution in [3.63, 3.8) is 0 Å². The highest BCUT2D eigenvalue weighted by atomic mass is 15.2. The fourth-order valence-corrected chi connectivity index (χ4v) is 2.07. The Labute approximate surface area is 74.6 Å². The molecule has 2 heterocycles. The van der Waals surface area contributed by atoms with Gasteiger partial charge in [-0.25, -0.2) is 0 Å². The maximum atomic E-state index is 3.42. The summed E-state index contributed by atoms with van der Waals surface area (Å²) >= 11 is 0. The van der Waals surface area contributed by atoms with Crippen LogP contribution < -0.4 is 5.32 Å². The maximum Gasteiger partial charge on any atom is 0.0236 e. The molecule has 2 aliphatic heterocycles. The Hall–Kier alpha value is -0.340. The van der Waals surface area contributed by atoms with Gasteiger partial charge in [-0.2, -0.15) is 0 Å². The number of hydrogen-bond donors (Lipinski definition) is 1. The summed E-state index contributed by atoms with van der Waals surface area (Å²) in [5.74, 6) is 0. The third-order valence-electron chi connectivity index (χ3n) is 3.02. The molecule has 1 atom stereocenters. The highest BCUT2D eigenvalue weighted by Gasteiger charge is 2.22. The monoisotopic (exact) mass is 166 g/mol. The molecule has 0 aliphatic carbocycles. The van der Waals surface area contributed by atoms with Crippen LogP contribution in [0.15, 0.2) is 11.6 Å². The molecular formula is C10H18N2. The minimum absolute atomic E-state index is 0.814. The Balaban J connectivity index is 1.89. The molecule has 2 rings (SSSR count). The molecule has 2 heteroatoms. The number of nitrogens with zero attached hydrogens (tertiary/aromatic N) is 1. The van der Waals surface area contributed by atoms with Crippen LogP contribution in [0, 0.1) is 0 Å². The van der Waals surface area contributed by atoms with Crippen molar-refractivity contribution in [2.45, 2.75) is 25.8 Å². The molecule has 1 fully saturated rings. The van der Waals surface area contributed by atoms with E-state index < -0.39 is 0 Å². The third-order valence-corrected chi connectivity index (χ3v) is 3.02. The van der Waals surface area contributed by atoms with Crippen LogP contribution in [-0.2, 0) is 0 Å². The standard InChI is InChI=1S/C10H18N2/c1-9-3-6-12(7-4-9)10-2-5-11-8-10/h3,10-11H,2,4-8H2,1H3. The first-order valence-corrected chi connectivity index (χ1v) is 4.96. The van der Waals surface area contributed by atoms with Gasteiger partial charge in [0.15, 0.2) is 0 Å². The number of rotatable bonds is 1. The summed E-state index contributed by atoms with van der Waals surface area (Å²) in [6.45, 7) is 7.11. The van der Waals surface area contributed by atoms with Gasteiger partial charge in [-0.05, 0) is 26.3 Å². The minimum Gasteiger partial charge on any atom is -0.315 e. The van der Waals surface area contributed by atoms with E-state index in [1.165, 1.54) is 39.0 Å². The molecule has 0 aromatic heterocycles. The summed E-state index contributed by atoms with van der Waals surface area (Å²) < 4.78 is 0. The number of hydrogen-bond acceptors (Lipinski definition) is 2. The Morgan fingerprint density at radius 1 is 1.58 bits per heavy atom. The second-order valence-electron chi connectivity index (χ2n) is 3.94. The van der Waals surface area contributed by atoms with Crippen molar-refractivity contribution in [3.8, 4) is 0 Å². The van der Waals surface area contributed by atoms with Crippen LogP contribution in [-0.4, -0.2) is 37.1 Å². The smallest absolute Gasteiger partial charge is 0.0236 e. The lowest BCUT2D eigenvalue weighted by molar-refractivity contribution is 0.224. The summed E-state index contributed by atoms with van der Waals surface area (Å²) in [4.78, 5) is 2.60. The van der Waals surface area contributed by atoms with Crippen molar-refractivity contribution in [2.75, 3.05) is 26.2 Å². The molecular weight excluding hydrogens is 148 g/mol. The van der Waals surface area contributed by atoms with Crippen LogP contribution >= 0.6 is 0 Å². The summed E-state index contributed by atoms with van der Waals surface area (Å²) in [5, 5.41) is 3.42. The zero-order valence-electron chi connectivity index (χ0n) is 7.84. The van der Waals surface area contributed by atoms with Crippen molar-refractivity contribution in [1.29, 1.82) is 0 Å². The van der Waals surface area contributed by atoms with Gasteiger partial charge in [0.2, 0.25) is 0 Å².